The molecule has 120 valence electrons. The first-order valence-electron chi connectivity index (χ1n) is 7.37. The lowest BCUT2D eigenvalue weighted by molar-refractivity contribution is 0.259. The van der Waals surface area contributed by atoms with Crippen molar-refractivity contribution in [3.63, 3.8) is 0 Å². The van der Waals surface area contributed by atoms with Crippen LogP contribution in [0.15, 0.2) is 16.8 Å². The standard InChI is InChI=1S/C14H25N3O2S2/c1-12-6-4-5-8-17(12)21(18,19)15-10-14(16(2)3)13-7-9-20-11-13/h7,9,11-12,14-15H,4-6,8,10H2,1-3H3/t12-,14-/m1/s1. The Morgan fingerprint density at radius 3 is 2.81 bits per heavy atom. The molecule has 2 heterocycles. The third kappa shape index (κ3) is 4.26. The number of rotatable bonds is 6. The maximum atomic E-state index is 12.5. The Kier molecular flexibility index (Phi) is 5.79. The summed E-state index contributed by atoms with van der Waals surface area (Å²) in [7, 11) is 0.553. The fourth-order valence-electron chi connectivity index (χ4n) is 2.76. The maximum absolute atomic E-state index is 12.5. The second-order valence-electron chi connectivity index (χ2n) is 5.85. The van der Waals surface area contributed by atoms with Crippen LogP contribution in [0.25, 0.3) is 0 Å². The van der Waals surface area contributed by atoms with Crippen molar-refractivity contribution >= 4 is 21.5 Å². The average Bonchev–Trinajstić information content (AvgIpc) is 2.92. The van der Waals surface area contributed by atoms with Gasteiger partial charge in [-0.05, 0) is 56.3 Å². The summed E-state index contributed by atoms with van der Waals surface area (Å²) in [5.74, 6) is 0. The minimum atomic E-state index is -3.39. The first-order valence-corrected chi connectivity index (χ1v) is 9.75. The maximum Gasteiger partial charge on any atom is 0.279 e. The molecule has 7 heteroatoms. The van der Waals surface area contributed by atoms with Gasteiger partial charge in [0.1, 0.15) is 0 Å². The Morgan fingerprint density at radius 1 is 1.48 bits per heavy atom. The van der Waals surface area contributed by atoms with Crippen molar-refractivity contribution in [2.24, 2.45) is 0 Å². The predicted molar refractivity (Wildman–Crippen MR) is 87.7 cm³/mol. The summed E-state index contributed by atoms with van der Waals surface area (Å²) < 4.78 is 29.4. The van der Waals surface area contributed by atoms with E-state index in [0.717, 1.165) is 24.8 Å². The summed E-state index contributed by atoms with van der Waals surface area (Å²) in [6, 6.07) is 2.20. The number of piperidine rings is 1. The Labute approximate surface area is 132 Å². The summed E-state index contributed by atoms with van der Waals surface area (Å²) in [4.78, 5) is 2.05. The van der Waals surface area contributed by atoms with E-state index in [0.29, 0.717) is 13.1 Å². The molecule has 1 aliphatic rings. The largest absolute Gasteiger partial charge is 0.301 e. The number of hydrogen-bond donors (Lipinski definition) is 1. The summed E-state index contributed by atoms with van der Waals surface area (Å²) in [5.41, 5.74) is 1.15. The van der Waals surface area contributed by atoms with Crippen LogP contribution in [-0.4, -0.2) is 50.8 Å². The van der Waals surface area contributed by atoms with Gasteiger partial charge in [0.05, 0.1) is 0 Å². The van der Waals surface area contributed by atoms with E-state index in [1.807, 2.05) is 37.4 Å². The number of likely N-dealkylation sites (N-methyl/N-ethyl adjacent to an activating group) is 1. The molecule has 1 fully saturated rings. The van der Waals surface area contributed by atoms with Crippen LogP contribution in [-0.2, 0) is 10.2 Å². The summed E-state index contributed by atoms with van der Waals surface area (Å²) in [5, 5.41) is 4.09. The minimum Gasteiger partial charge on any atom is -0.301 e. The van der Waals surface area contributed by atoms with E-state index in [2.05, 4.69) is 10.1 Å². The summed E-state index contributed by atoms with van der Waals surface area (Å²) >= 11 is 1.63. The Morgan fingerprint density at radius 2 is 2.24 bits per heavy atom. The smallest absolute Gasteiger partial charge is 0.279 e. The van der Waals surface area contributed by atoms with E-state index < -0.39 is 10.2 Å². The first-order chi connectivity index (χ1) is 9.92. The third-order valence-electron chi connectivity index (χ3n) is 4.06. The SMILES string of the molecule is C[C@@H]1CCCCN1S(=O)(=O)NC[C@H](c1ccsc1)N(C)C. The topological polar surface area (TPSA) is 52.7 Å². The van der Waals surface area contributed by atoms with Crippen LogP contribution in [0.2, 0.25) is 0 Å². The van der Waals surface area contributed by atoms with Gasteiger partial charge in [-0.1, -0.05) is 6.42 Å². The van der Waals surface area contributed by atoms with Crippen molar-refractivity contribution in [2.45, 2.75) is 38.3 Å². The van der Waals surface area contributed by atoms with Crippen molar-refractivity contribution in [2.75, 3.05) is 27.2 Å². The van der Waals surface area contributed by atoms with Crippen LogP contribution in [0, 0.1) is 0 Å². The molecule has 0 saturated carbocycles. The van der Waals surface area contributed by atoms with Crippen molar-refractivity contribution in [1.82, 2.24) is 13.9 Å². The van der Waals surface area contributed by atoms with E-state index in [9.17, 15) is 8.42 Å². The van der Waals surface area contributed by atoms with E-state index in [-0.39, 0.29) is 12.1 Å². The molecule has 1 N–H and O–H groups in total. The molecule has 21 heavy (non-hydrogen) atoms. The van der Waals surface area contributed by atoms with Gasteiger partial charge in [-0.2, -0.15) is 24.1 Å². The molecule has 0 amide bonds. The monoisotopic (exact) mass is 331 g/mol. The van der Waals surface area contributed by atoms with E-state index in [4.69, 9.17) is 0 Å². The number of thiophene rings is 1. The molecule has 0 spiro atoms. The molecule has 2 atom stereocenters. The highest BCUT2D eigenvalue weighted by Gasteiger charge is 2.30. The molecule has 0 aliphatic carbocycles. The fraction of sp³-hybridized carbons (Fsp3) is 0.714. The normalized spacial score (nSPS) is 22.6. The van der Waals surface area contributed by atoms with Crippen molar-refractivity contribution in [3.8, 4) is 0 Å². The predicted octanol–water partition coefficient (Wildman–Crippen LogP) is 2.06. The Hall–Kier alpha value is -0.470. The van der Waals surface area contributed by atoms with Crippen LogP contribution < -0.4 is 4.72 Å². The van der Waals surface area contributed by atoms with Crippen LogP contribution in [0.3, 0.4) is 0 Å². The van der Waals surface area contributed by atoms with Crippen molar-refractivity contribution in [3.05, 3.63) is 22.4 Å². The van der Waals surface area contributed by atoms with E-state index in [1.54, 1.807) is 15.6 Å². The zero-order valence-electron chi connectivity index (χ0n) is 12.9. The Balaban J connectivity index is 2.02. The van der Waals surface area contributed by atoms with Crippen LogP contribution in [0.5, 0.6) is 0 Å². The molecule has 0 unspecified atom stereocenters. The number of nitrogens with zero attached hydrogens (tertiary/aromatic N) is 2. The molecule has 1 aromatic heterocycles. The zero-order chi connectivity index (χ0) is 15.5. The fourth-order valence-corrected chi connectivity index (χ4v) is 4.95. The highest BCUT2D eigenvalue weighted by molar-refractivity contribution is 7.87. The van der Waals surface area contributed by atoms with E-state index in [1.165, 1.54) is 0 Å². The van der Waals surface area contributed by atoms with Gasteiger partial charge in [-0.15, -0.1) is 0 Å². The van der Waals surface area contributed by atoms with Gasteiger partial charge in [-0.3, -0.25) is 0 Å². The van der Waals surface area contributed by atoms with Gasteiger partial charge >= 0.3 is 0 Å². The second kappa shape index (κ2) is 7.19. The van der Waals surface area contributed by atoms with Crippen molar-refractivity contribution < 1.29 is 8.42 Å². The van der Waals surface area contributed by atoms with Gasteiger partial charge in [0.25, 0.3) is 10.2 Å². The molecule has 1 aliphatic heterocycles. The quantitative estimate of drug-likeness (QED) is 0.868. The van der Waals surface area contributed by atoms with Crippen LogP contribution in [0.4, 0.5) is 0 Å². The van der Waals surface area contributed by atoms with Gasteiger partial charge < -0.3 is 4.90 Å². The molecular formula is C14H25N3O2S2. The molecule has 0 bridgehead atoms. The van der Waals surface area contributed by atoms with Crippen LogP contribution >= 0.6 is 11.3 Å². The molecule has 2 rings (SSSR count). The molecule has 5 nitrogen and oxygen atoms in total. The molecule has 1 aromatic rings. The molecule has 1 saturated heterocycles. The van der Waals surface area contributed by atoms with E-state index >= 15 is 0 Å². The second-order valence-corrected chi connectivity index (χ2v) is 8.33. The summed E-state index contributed by atoms with van der Waals surface area (Å²) in [6.07, 6.45) is 3.01. The molecular weight excluding hydrogens is 306 g/mol. The summed E-state index contributed by atoms with van der Waals surface area (Å²) in [6.45, 7) is 3.01. The van der Waals surface area contributed by atoms with Gasteiger partial charge in [0.2, 0.25) is 0 Å². The molecule has 0 radical (unpaired) electrons. The zero-order valence-corrected chi connectivity index (χ0v) is 14.6. The lowest BCUT2D eigenvalue weighted by Gasteiger charge is -2.33. The highest BCUT2D eigenvalue weighted by atomic mass is 32.2. The Bertz CT molecular complexity index is 528. The van der Waals surface area contributed by atoms with Crippen LogP contribution in [0.1, 0.15) is 37.8 Å². The lowest BCUT2D eigenvalue weighted by Crippen LogP contribution is -2.49. The third-order valence-corrected chi connectivity index (χ3v) is 6.45. The molecule has 0 aromatic carbocycles. The minimum absolute atomic E-state index is 0.0612. The first kappa shape index (κ1) is 16.9. The van der Waals surface area contributed by atoms with Crippen molar-refractivity contribution in [1.29, 1.82) is 0 Å². The van der Waals surface area contributed by atoms with Gasteiger partial charge in [0, 0.05) is 25.2 Å². The highest BCUT2D eigenvalue weighted by Crippen LogP contribution is 2.22. The van der Waals surface area contributed by atoms with Gasteiger partial charge in [0.15, 0.2) is 0 Å². The van der Waals surface area contributed by atoms with Gasteiger partial charge in [-0.25, -0.2) is 4.72 Å². The number of hydrogen-bond acceptors (Lipinski definition) is 4. The number of nitrogens with one attached hydrogen (secondary N) is 1. The lowest BCUT2D eigenvalue weighted by atomic mass is 10.1. The average molecular weight is 332 g/mol.